The lowest BCUT2D eigenvalue weighted by molar-refractivity contribution is 0.288. The normalized spacial score (nSPS) is 10.4. The van der Waals surface area contributed by atoms with E-state index in [1.165, 1.54) is 6.07 Å². The van der Waals surface area contributed by atoms with E-state index < -0.39 is 11.6 Å². The fourth-order valence-corrected chi connectivity index (χ4v) is 1.10. The number of hydrogen-bond donors (Lipinski definition) is 2. The van der Waals surface area contributed by atoms with E-state index in [9.17, 15) is 8.78 Å². The van der Waals surface area contributed by atoms with Crippen molar-refractivity contribution in [1.82, 2.24) is 0 Å². The maximum atomic E-state index is 12.7. The molecule has 0 aromatic heterocycles. The van der Waals surface area contributed by atoms with Crippen LogP contribution in [0.2, 0.25) is 0 Å². The van der Waals surface area contributed by atoms with Gasteiger partial charge in [-0.15, -0.1) is 0 Å². The minimum absolute atomic E-state index is 0.0267. The number of halogens is 2. The molecule has 1 aromatic rings. The highest BCUT2D eigenvalue weighted by molar-refractivity contribution is 5.43. The molecule has 0 atom stereocenters. The molecule has 13 heavy (non-hydrogen) atoms. The van der Waals surface area contributed by atoms with E-state index in [0.29, 0.717) is 18.4 Å². The van der Waals surface area contributed by atoms with Crippen LogP contribution in [0, 0.1) is 11.6 Å². The molecule has 0 amide bonds. The van der Waals surface area contributed by atoms with Crippen molar-refractivity contribution >= 4 is 5.69 Å². The zero-order valence-electron chi connectivity index (χ0n) is 7.06. The van der Waals surface area contributed by atoms with Crippen molar-refractivity contribution in [1.29, 1.82) is 0 Å². The van der Waals surface area contributed by atoms with Gasteiger partial charge in [0.25, 0.3) is 0 Å². The van der Waals surface area contributed by atoms with E-state index in [0.717, 1.165) is 6.07 Å². The molecule has 2 nitrogen and oxygen atoms in total. The molecule has 0 aliphatic carbocycles. The second-order valence-electron chi connectivity index (χ2n) is 2.81. The van der Waals surface area contributed by atoms with Crippen molar-refractivity contribution in [2.24, 2.45) is 0 Å². The Kier molecular flexibility index (Phi) is 3.19. The van der Waals surface area contributed by atoms with Crippen LogP contribution in [0.3, 0.4) is 0 Å². The predicted octanol–water partition coefficient (Wildman–Crippen LogP) is 1.47. The minimum atomic E-state index is -1.01. The summed E-state index contributed by atoms with van der Waals surface area (Å²) in [5.74, 6) is -1.94. The van der Waals surface area contributed by atoms with Crippen molar-refractivity contribution in [2.45, 2.75) is 12.8 Å². The van der Waals surface area contributed by atoms with Crippen molar-refractivity contribution in [3.05, 3.63) is 29.3 Å². The highest BCUT2D eigenvalue weighted by atomic mass is 19.2. The SMILES string of the molecule is Nc1cc(CCCO)cc(F)c1F. The summed E-state index contributed by atoms with van der Waals surface area (Å²) < 4.78 is 25.4. The van der Waals surface area contributed by atoms with Crippen LogP contribution in [0.25, 0.3) is 0 Å². The maximum Gasteiger partial charge on any atom is 0.181 e. The summed E-state index contributed by atoms with van der Waals surface area (Å²) in [6.07, 6.45) is 1.02. The summed E-state index contributed by atoms with van der Waals surface area (Å²) in [5.41, 5.74) is 5.63. The molecule has 3 N–H and O–H groups in total. The van der Waals surface area contributed by atoms with E-state index in [1.54, 1.807) is 0 Å². The van der Waals surface area contributed by atoms with Crippen LogP contribution in [-0.2, 0) is 6.42 Å². The fraction of sp³-hybridized carbons (Fsp3) is 0.333. The van der Waals surface area contributed by atoms with Crippen molar-refractivity contribution in [2.75, 3.05) is 12.3 Å². The van der Waals surface area contributed by atoms with Crippen molar-refractivity contribution < 1.29 is 13.9 Å². The Balaban J connectivity index is 2.86. The molecule has 1 aromatic carbocycles. The molecule has 1 rings (SSSR count). The van der Waals surface area contributed by atoms with Crippen LogP contribution >= 0.6 is 0 Å². The Bertz CT molecular complexity index is 279. The van der Waals surface area contributed by atoms with Gasteiger partial charge in [-0.05, 0) is 30.5 Å². The number of aliphatic hydroxyl groups is 1. The summed E-state index contributed by atoms with van der Waals surface area (Å²) in [7, 11) is 0. The summed E-state index contributed by atoms with van der Waals surface area (Å²) in [4.78, 5) is 0. The lowest BCUT2D eigenvalue weighted by Gasteiger charge is -2.03. The van der Waals surface area contributed by atoms with Gasteiger partial charge in [-0.2, -0.15) is 0 Å². The Morgan fingerprint density at radius 1 is 1.31 bits per heavy atom. The zero-order valence-corrected chi connectivity index (χ0v) is 7.06. The second kappa shape index (κ2) is 4.18. The molecule has 0 saturated heterocycles. The fourth-order valence-electron chi connectivity index (χ4n) is 1.10. The van der Waals surface area contributed by atoms with Crippen molar-refractivity contribution in [3.8, 4) is 0 Å². The summed E-state index contributed by atoms with van der Waals surface area (Å²) in [6, 6.07) is 2.48. The first-order valence-corrected chi connectivity index (χ1v) is 3.99. The van der Waals surface area contributed by atoms with Gasteiger partial charge in [-0.25, -0.2) is 8.78 Å². The van der Waals surface area contributed by atoms with Gasteiger partial charge in [0.2, 0.25) is 0 Å². The second-order valence-corrected chi connectivity index (χ2v) is 2.81. The average molecular weight is 187 g/mol. The zero-order chi connectivity index (χ0) is 9.84. The van der Waals surface area contributed by atoms with Crippen LogP contribution in [0.1, 0.15) is 12.0 Å². The number of anilines is 1. The third kappa shape index (κ3) is 2.39. The van der Waals surface area contributed by atoms with Gasteiger partial charge >= 0.3 is 0 Å². The number of aryl methyl sites for hydroxylation is 1. The van der Waals surface area contributed by atoms with E-state index in [-0.39, 0.29) is 12.3 Å². The summed E-state index contributed by atoms with van der Waals surface area (Å²) in [5, 5.41) is 8.52. The lowest BCUT2D eigenvalue weighted by atomic mass is 10.1. The Morgan fingerprint density at radius 3 is 2.54 bits per heavy atom. The van der Waals surface area contributed by atoms with Crippen molar-refractivity contribution in [3.63, 3.8) is 0 Å². The lowest BCUT2D eigenvalue weighted by Crippen LogP contribution is -1.98. The van der Waals surface area contributed by atoms with E-state index in [1.807, 2.05) is 0 Å². The number of hydrogen-bond acceptors (Lipinski definition) is 2. The first-order chi connectivity index (χ1) is 6.15. The summed E-state index contributed by atoms with van der Waals surface area (Å²) in [6.45, 7) is 0.0267. The largest absolute Gasteiger partial charge is 0.396 e. The first-order valence-electron chi connectivity index (χ1n) is 3.99. The number of rotatable bonds is 3. The third-order valence-corrected chi connectivity index (χ3v) is 1.74. The topological polar surface area (TPSA) is 46.2 Å². The van der Waals surface area contributed by atoms with Gasteiger partial charge in [0.15, 0.2) is 11.6 Å². The monoisotopic (exact) mass is 187 g/mol. The Labute approximate surface area is 75.0 Å². The first kappa shape index (κ1) is 9.92. The van der Waals surface area contributed by atoms with Crippen LogP contribution < -0.4 is 5.73 Å². The smallest absolute Gasteiger partial charge is 0.181 e. The minimum Gasteiger partial charge on any atom is -0.396 e. The van der Waals surface area contributed by atoms with Crippen LogP contribution in [-0.4, -0.2) is 11.7 Å². The summed E-state index contributed by atoms with van der Waals surface area (Å²) >= 11 is 0. The average Bonchev–Trinajstić information content (AvgIpc) is 2.10. The van der Waals surface area contributed by atoms with Gasteiger partial charge in [-0.3, -0.25) is 0 Å². The molecule has 0 fully saturated rings. The van der Waals surface area contributed by atoms with Crippen LogP contribution in [0.15, 0.2) is 12.1 Å². The quantitative estimate of drug-likeness (QED) is 0.704. The molecular formula is C9H11F2NO. The molecule has 0 unspecified atom stereocenters. The van der Waals surface area contributed by atoms with Gasteiger partial charge < -0.3 is 10.8 Å². The third-order valence-electron chi connectivity index (χ3n) is 1.74. The standard InChI is InChI=1S/C9H11F2NO/c10-7-4-6(2-1-3-13)5-8(12)9(7)11/h4-5,13H,1-3,12H2. The predicted molar refractivity (Wildman–Crippen MR) is 46.2 cm³/mol. The van der Waals surface area contributed by atoms with E-state index in [2.05, 4.69) is 0 Å². The number of benzene rings is 1. The maximum absolute atomic E-state index is 12.7. The Morgan fingerprint density at radius 2 is 2.00 bits per heavy atom. The molecule has 0 aliphatic rings. The molecule has 0 bridgehead atoms. The Hall–Kier alpha value is -1.16. The molecule has 0 saturated carbocycles. The number of nitrogen functional groups attached to an aromatic ring is 1. The van der Waals surface area contributed by atoms with Crippen LogP contribution in [0.4, 0.5) is 14.5 Å². The number of nitrogens with two attached hydrogens (primary N) is 1. The molecule has 0 spiro atoms. The highest BCUT2D eigenvalue weighted by Gasteiger charge is 2.07. The van der Waals surface area contributed by atoms with Gasteiger partial charge in [0.05, 0.1) is 5.69 Å². The van der Waals surface area contributed by atoms with Gasteiger partial charge in [-0.1, -0.05) is 0 Å². The molecule has 0 heterocycles. The molecule has 0 aliphatic heterocycles. The molecule has 72 valence electrons. The van der Waals surface area contributed by atoms with Crippen LogP contribution in [0.5, 0.6) is 0 Å². The van der Waals surface area contributed by atoms with Gasteiger partial charge in [0, 0.05) is 6.61 Å². The molecule has 0 radical (unpaired) electrons. The van der Waals surface area contributed by atoms with Gasteiger partial charge in [0.1, 0.15) is 0 Å². The highest BCUT2D eigenvalue weighted by Crippen LogP contribution is 2.17. The number of aliphatic hydroxyl groups excluding tert-OH is 1. The van der Waals surface area contributed by atoms with E-state index >= 15 is 0 Å². The molecule has 4 heteroatoms. The molecular weight excluding hydrogens is 176 g/mol. The van der Waals surface area contributed by atoms with E-state index in [4.69, 9.17) is 10.8 Å².